The fourth-order valence-electron chi connectivity index (χ4n) is 6.00. The molecule has 1 N–H and O–H groups in total. The predicted octanol–water partition coefficient (Wildman–Crippen LogP) is 2.33. The number of nitrogens with one attached hydrogen (secondary N) is 1. The second kappa shape index (κ2) is 12.1. The topological polar surface area (TPSA) is 131 Å². The Bertz CT molecular complexity index is 1560. The molecule has 2 aliphatic heterocycles. The SMILES string of the molecule is Cc1cc(C)c([NH+]([O-])N2CCN(c3ncccc3C#N)C[C@@H]2C)cc1C(=O)N1CCN(c2ncccc2C#N)C[C@@H]1C. The third-order valence-electron chi connectivity index (χ3n) is 8.22. The first-order chi connectivity index (χ1) is 20.2. The number of amides is 1. The normalized spacial score (nSPS) is 20.1. The van der Waals surface area contributed by atoms with Crippen LogP contribution < -0.4 is 15.0 Å². The number of benzene rings is 1. The molecule has 42 heavy (non-hydrogen) atoms. The van der Waals surface area contributed by atoms with E-state index in [1.165, 1.54) is 0 Å². The highest BCUT2D eigenvalue weighted by atomic mass is 16.6. The summed E-state index contributed by atoms with van der Waals surface area (Å²) in [6.45, 7) is 11.0. The number of aryl methyl sites for hydroxylation is 2. The Morgan fingerprint density at radius 1 is 0.881 bits per heavy atom. The van der Waals surface area contributed by atoms with Gasteiger partial charge in [0.15, 0.2) is 5.69 Å². The van der Waals surface area contributed by atoms with E-state index in [-0.39, 0.29) is 23.2 Å². The average Bonchev–Trinajstić information content (AvgIpc) is 3.00. The summed E-state index contributed by atoms with van der Waals surface area (Å²) in [6.07, 6.45) is 3.35. The summed E-state index contributed by atoms with van der Waals surface area (Å²) in [7, 11) is 0. The lowest BCUT2D eigenvalue weighted by molar-refractivity contribution is -0.917. The number of pyridine rings is 2. The Balaban J connectivity index is 1.32. The van der Waals surface area contributed by atoms with E-state index in [0.29, 0.717) is 73.3 Å². The van der Waals surface area contributed by atoms with Gasteiger partial charge in [0, 0.05) is 68.4 Å². The summed E-state index contributed by atoms with van der Waals surface area (Å²) in [5, 5.41) is 34.6. The summed E-state index contributed by atoms with van der Waals surface area (Å²) in [5.74, 6) is 1.17. The first-order valence-corrected chi connectivity index (χ1v) is 14.2. The first kappa shape index (κ1) is 29.0. The molecule has 2 aromatic heterocycles. The highest BCUT2D eigenvalue weighted by molar-refractivity contribution is 5.97. The molecule has 2 fully saturated rings. The molecule has 0 spiro atoms. The number of nitriles is 2. The largest absolute Gasteiger partial charge is 0.608 e. The zero-order valence-electron chi connectivity index (χ0n) is 24.4. The van der Waals surface area contributed by atoms with Crippen molar-refractivity contribution in [3.8, 4) is 12.1 Å². The number of carbonyl (C=O) groups is 1. The Hall–Kier alpha value is -4.55. The van der Waals surface area contributed by atoms with Gasteiger partial charge in [-0.05, 0) is 63.6 Å². The van der Waals surface area contributed by atoms with Gasteiger partial charge in [0.1, 0.15) is 23.8 Å². The van der Waals surface area contributed by atoms with Gasteiger partial charge < -0.3 is 19.9 Å². The monoisotopic (exact) mass is 565 g/mol. The van der Waals surface area contributed by atoms with Crippen LogP contribution in [0.1, 0.15) is 46.5 Å². The predicted molar refractivity (Wildman–Crippen MR) is 159 cm³/mol. The highest BCUT2D eigenvalue weighted by Crippen LogP contribution is 2.25. The molecule has 3 atom stereocenters. The van der Waals surface area contributed by atoms with Crippen LogP contribution in [0, 0.1) is 41.7 Å². The Kier molecular flexibility index (Phi) is 8.36. The van der Waals surface area contributed by atoms with Gasteiger partial charge in [0.2, 0.25) is 0 Å². The number of hydrogen-bond donors (Lipinski definition) is 1. The smallest absolute Gasteiger partial charge is 0.254 e. The molecule has 4 heterocycles. The quantitative estimate of drug-likeness (QED) is 0.463. The van der Waals surface area contributed by atoms with Crippen LogP contribution in [0.2, 0.25) is 0 Å². The molecule has 11 nitrogen and oxygen atoms in total. The number of anilines is 2. The summed E-state index contributed by atoms with van der Waals surface area (Å²) in [4.78, 5) is 28.6. The zero-order chi connectivity index (χ0) is 30.0. The van der Waals surface area contributed by atoms with Crippen molar-refractivity contribution < 1.29 is 9.97 Å². The van der Waals surface area contributed by atoms with Crippen molar-refractivity contribution in [2.75, 3.05) is 49.1 Å². The van der Waals surface area contributed by atoms with Crippen molar-refractivity contribution in [3.05, 3.63) is 81.8 Å². The molecule has 0 bridgehead atoms. The number of quaternary nitrogens is 1. The van der Waals surface area contributed by atoms with E-state index in [9.17, 15) is 20.5 Å². The van der Waals surface area contributed by atoms with Crippen molar-refractivity contribution in [2.24, 2.45) is 0 Å². The van der Waals surface area contributed by atoms with Crippen molar-refractivity contribution in [1.29, 1.82) is 10.5 Å². The molecule has 2 aliphatic rings. The number of nitrogens with zero attached hydrogens (tertiary/aromatic N) is 8. The van der Waals surface area contributed by atoms with Gasteiger partial charge in [-0.3, -0.25) is 9.97 Å². The molecule has 0 saturated carbocycles. The molecule has 2 saturated heterocycles. The lowest BCUT2D eigenvalue weighted by atomic mass is 10.0. The molecular weight excluding hydrogens is 530 g/mol. The van der Waals surface area contributed by atoms with Crippen molar-refractivity contribution in [1.82, 2.24) is 19.9 Å². The van der Waals surface area contributed by atoms with Crippen LogP contribution in [0.25, 0.3) is 0 Å². The van der Waals surface area contributed by atoms with E-state index in [4.69, 9.17) is 0 Å². The number of carbonyl (C=O) groups excluding carboxylic acids is 1. The third kappa shape index (κ3) is 5.50. The van der Waals surface area contributed by atoms with Crippen LogP contribution in [0.15, 0.2) is 48.8 Å². The van der Waals surface area contributed by atoms with E-state index in [0.717, 1.165) is 11.1 Å². The van der Waals surface area contributed by atoms with Crippen LogP contribution in [-0.2, 0) is 0 Å². The number of piperazine rings is 2. The maximum absolute atomic E-state index is 13.9. The Morgan fingerprint density at radius 3 is 2.00 bits per heavy atom. The van der Waals surface area contributed by atoms with E-state index in [1.807, 2.05) is 43.7 Å². The molecule has 5 rings (SSSR count). The molecule has 216 valence electrons. The van der Waals surface area contributed by atoms with Gasteiger partial charge in [-0.1, -0.05) is 0 Å². The molecular formula is C31H35N9O2. The van der Waals surface area contributed by atoms with Crippen LogP contribution in [0.3, 0.4) is 0 Å². The molecule has 11 heteroatoms. The van der Waals surface area contributed by atoms with Crippen LogP contribution in [-0.4, -0.2) is 77.1 Å². The fraction of sp³-hybridized carbons (Fsp3) is 0.387. The Morgan fingerprint density at radius 2 is 1.45 bits per heavy atom. The second-order valence-electron chi connectivity index (χ2n) is 11.0. The first-order valence-electron chi connectivity index (χ1n) is 14.2. The molecule has 1 aromatic carbocycles. The van der Waals surface area contributed by atoms with E-state index >= 15 is 0 Å². The summed E-state index contributed by atoms with van der Waals surface area (Å²) in [5.41, 5.74) is 3.75. The second-order valence-corrected chi connectivity index (χ2v) is 11.0. The lowest BCUT2D eigenvalue weighted by Crippen LogP contribution is -3.11. The zero-order valence-corrected chi connectivity index (χ0v) is 24.4. The third-order valence-corrected chi connectivity index (χ3v) is 8.22. The van der Waals surface area contributed by atoms with Crippen molar-refractivity contribution >= 4 is 23.2 Å². The van der Waals surface area contributed by atoms with E-state index < -0.39 is 0 Å². The lowest BCUT2D eigenvalue weighted by Gasteiger charge is -2.44. The molecule has 1 amide bonds. The van der Waals surface area contributed by atoms with Gasteiger partial charge in [-0.15, -0.1) is 5.01 Å². The molecule has 0 radical (unpaired) electrons. The fourth-order valence-corrected chi connectivity index (χ4v) is 6.00. The minimum absolute atomic E-state index is 0.104. The molecule has 3 aromatic rings. The molecule has 1 unspecified atom stereocenters. The van der Waals surface area contributed by atoms with E-state index in [1.54, 1.807) is 42.7 Å². The maximum Gasteiger partial charge on any atom is 0.254 e. The van der Waals surface area contributed by atoms with Crippen LogP contribution in [0.5, 0.6) is 0 Å². The van der Waals surface area contributed by atoms with Gasteiger partial charge in [0.25, 0.3) is 5.91 Å². The van der Waals surface area contributed by atoms with Gasteiger partial charge in [-0.25, -0.2) is 9.97 Å². The number of aromatic nitrogens is 2. The molecule has 0 aliphatic carbocycles. The standard InChI is InChI=1S/C31H35N9O2/c1-21-15-22(2)28(40(42)39-14-12-37(20-24(39)4)30-26(18-33)8-6-10-35-30)16-27(21)31(41)38-13-11-36(19-23(38)3)29-25(17-32)7-5-9-34-29/h5-10,15-16,23-24,40H,11-14,19-20H2,1-4H3/t23-,24-/m0/s1. The van der Waals surface area contributed by atoms with Crippen molar-refractivity contribution in [2.45, 2.75) is 39.8 Å². The minimum atomic E-state index is -0.113. The Labute approximate surface area is 246 Å². The van der Waals surface area contributed by atoms with Gasteiger partial charge in [-0.2, -0.15) is 10.5 Å². The van der Waals surface area contributed by atoms with Crippen LogP contribution >= 0.6 is 0 Å². The average molecular weight is 566 g/mol. The van der Waals surface area contributed by atoms with Gasteiger partial charge >= 0.3 is 0 Å². The highest BCUT2D eigenvalue weighted by Gasteiger charge is 2.34. The summed E-state index contributed by atoms with van der Waals surface area (Å²) >= 11 is 0. The summed E-state index contributed by atoms with van der Waals surface area (Å²) < 4.78 is 0. The van der Waals surface area contributed by atoms with E-state index in [2.05, 4.69) is 31.9 Å². The minimum Gasteiger partial charge on any atom is -0.608 e. The van der Waals surface area contributed by atoms with Crippen LogP contribution in [0.4, 0.5) is 17.3 Å². The number of rotatable bonds is 5. The summed E-state index contributed by atoms with van der Waals surface area (Å²) in [6, 6.07) is 14.9. The van der Waals surface area contributed by atoms with Gasteiger partial charge in [0.05, 0.1) is 23.7 Å². The maximum atomic E-state index is 13.9. The van der Waals surface area contributed by atoms with Crippen molar-refractivity contribution in [3.63, 3.8) is 0 Å². The number of hydrogen-bond acceptors (Lipinski definition) is 9.